The summed E-state index contributed by atoms with van der Waals surface area (Å²) < 4.78 is 0. The summed E-state index contributed by atoms with van der Waals surface area (Å²) in [5.41, 5.74) is 2.27. The fourth-order valence-corrected chi connectivity index (χ4v) is 3.49. The summed E-state index contributed by atoms with van der Waals surface area (Å²) in [6, 6.07) is 9.89. The van der Waals surface area contributed by atoms with E-state index in [1.807, 2.05) is 37.3 Å². The van der Waals surface area contributed by atoms with Crippen LogP contribution in [-0.4, -0.2) is 35.6 Å². The molecular weight excluding hydrogens is 310 g/mol. The lowest BCUT2D eigenvalue weighted by molar-refractivity contribution is -0.139. The Labute approximate surface area is 152 Å². The molecule has 1 atom stereocenters. The molecule has 2 rings (SSSR count). The Morgan fingerprint density at radius 1 is 1.24 bits per heavy atom. The van der Waals surface area contributed by atoms with Gasteiger partial charge in [0.2, 0.25) is 5.91 Å². The predicted molar refractivity (Wildman–Crippen MR) is 104 cm³/mol. The number of allylic oxidation sites excluding steroid dienone is 1. The maximum atomic E-state index is 12.9. The SMILES string of the molecule is C=NN(C(=O)C1CCN(C(=C)CC(C)C)CC1)C(C)c1ccccc1. The highest BCUT2D eigenvalue weighted by Gasteiger charge is 2.31. The molecule has 0 aromatic heterocycles. The van der Waals surface area contributed by atoms with Crippen LogP contribution in [0.3, 0.4) is 0 Å². The fraction of sp³-hybridized carbons (Fsp3) is 0.524. The average molecular weight is 341 g/mol. The number of piperidine rings is 1. The van der Waals surface area contributed by atoms with Crippen molar-refractivity contribution in [3.8, 4) is 0 Å². The molecule has 1 aliphatic rings. The fourth-order valence-electron chi connectivity index (χ4n) is 3.49. The zero-order valence-electron chi connectivity index (χ0n) is 15.8. The van der Waals surface area contributed by atoms with Gasteiger partial charge in [-0.1, -0.05) is 50.8 Å². The molecule has 4 heteroatoms. The zero-order valence-corrected chi connectivity index (χ0v) is 15.8. The van der Waals surface area contributed by atoms with Crippen LogP contribution in [0.15, 0.2) is 47.7 Å². The van der Waals surface area contributed by atoms with Crippen LogP contribution in [-0.2, 0) is 4.79 Å². The molecule has 1 aromatic rings. The highest BCUT2D eigenvalue weighted by atomic mass is 16.2. The Morgan fingerprint density at radius 3 is 2.36 bits per heavy atom. The first-order chi connectivity index (χ1) is 11.9. The van der Waals surface area contributed by atoms with Gasteiger partial charge in [0.25, 0.3) is 0 Å². The van der Waals surface area contributed by atoms with E-state index in [2.05, 4.69) is 37.1 Å². The quantitative estimate of drug-likeness (QED) is 0.542. The lowest BCUT2D eigenvalue weighted by Gasteiger charge is -2.36. The van der Waals surface area contributed by atoms with E-state index in [1.165, 1.54) is 5.70 Å². The van der Waals surface area contributed by atoms with Gasteiger partial charge < -0.3 is 4.90 Å². The minimum atomic E-state index is -0.0971. The van der Waals surface area contributed by atoms with Crippen molar-refractivity contribution < 1.29 is 4.79 Å². The monoisotopic (exact) mass is 341 g/mol. The number of hydrazone groups is 1. The number of amides is 1. The van der Waals surface area contributed by atoms with Gasteiger partial charge in [0.05, 0.1) is 6.04 Å². The Morgan fingerprint density at radius 2 is 1.84 bits per heavy atom. The van der Waals surface area contributed by atoms with Gasteiger partial charge in [-0.05, 0) is 37.7 Å². The van der Waals surface area contributed by atoms with Crippen LogP contribution in [0.1, 0.15) is 51.6 Å². The van der Waals surface area contributed by atoms with E-state index >= 15 is 0 Å². The highest BCUT2D eigenvalue weighted by Crippen LogP contribution is 2.28. The molecule has 1 fully saturated rings. The zero-order chi connectivity index (χ0) is 18.4. The van der Waals surface area contributed by atoms with E-state index in [-0.39, 0.29) is 17.9 Å². The summed E-state index contributed by atoms with van der Waals surface area (Å²) in [7, 11) is 0. The maximum absolute atomic E-state index is 12.9. The van der Waals surface area contributed by atoms with Crippen molar-refractivity contribution in [2.45, 2.75) is 46.1 Å². The van der Waals surface area contributed by atoms with E-state index < -0.39 is 0 Å². The highest BCUT2D eigenvalue weighted by molar-refractivity contribution is 5.79. The Hall–Kier alpha value is -2.10. The van der Waals surface area contributed by atoms with Crippen LogP contribution < -0.4 is 0 Å². The van der Waals surface area contributed by atoms with Gasteiger partial charge >= 0.3 is 0 Å². The summed E-state index contributed by atoms with van der Waals surface area (Å²) in [4.78, 5) is 15.3. The molecule has 1 saturated heterocycles. The second-order valence-corrected chi connectivity index (χ2v) is 7.34. The first kappa shape index (κ1) is 19.2. The van der Waals surface area contributed by atoms with E-state index in [4.69, 9.17) is 0 Å². The van der Waals surface area contributed by atoms with Crippen LogP contribution in [0.4, 0.5) is 0 Å². The van der Waals surface area contributed by atoms with Gasteiger partial charge in [0.15, 0.2) is 0 Å². The first-order valence-electron chi connectivity index (χ1n) is 9.21. The van der Waals surface area contributed by atoms with Crippen molar-refractivity contribution in [3.63, 3.8) is 0 Å². The Balaban J connectivity index is 1.96. The predicted octanol–water partition coefficient (Wildman–Crippen LogP) is 4.46. The van der Waals surface area contributed by atoms with Crippen LogP contribution in [0.2, 0.25) is 0 Å². The Kier molecular flexibility index (Phi) is 6.80. The number of nitrogens with zero attached hydrogens (tertiary/aromatic N) is 3. The van der Waals surface area contributed by atoms with Crippen molar-refractivity contribution in [3.05, 3.63) is 48.2 Å². The van der Waals surface area contributed by atoms with Crippen molar-refractivity contribution >= 4 is 12.6 Å². The van der Waals surface area contributed by atoms with Crippen molar-refractivity contribution in [1.29, 1.82) is 0 Å². The lowest BCUT2D eigenvalue weighted by atomic mass is 9.93. The molecule has 1 aliphatic heterocycles. The molecule has 0 aliphatic carbocycles. The third-order valence-corrected chi connectivity index (χ3v) is 4.96. The molecule has 0 saturated carbocycles. The molecule has 1 heterocycles. The van der Waals surface area contributed by atoms with Crippen molar-refractivity contribution in [2.75, 3.05) is 13.1 Å². The molecule has 4 nitrogen and oxygen atoms in total. The van der Waals surface area contributed by atoms with Crippen molar-refractivity contribution in [2.24, 2.45) is 16.9 Å². The van der Waals surface area contributed by atoms with Crippen LogP contribution >= 0.6 is 0 Å². The summed E-state index contributed by atoms with van der Waals surface area (Å²) in [6.45, 7) is 16.0. The lowest BCUT2D eigenvalue weighted by Crippen LogP contribution is -2.41. The normalized spacial score (nSPS) is 16.6. The molecule has 0 spiro atoms. The average Bonchev–Trinajstić information content (AvgIpc) is 2.62. The summed E-state index contributed by atoms with van der Waals surface area (Å²) in [6.07, 6.45) is 2.72. The van der Waals surface area contributed by atoms with E-state index in [0.29, 0.717) is 5.92 Å². The molecule has 0 bridgehead atoms. The van der Waals surface area contributed by atoms with E-state index in [0.717, 1.165) is 37.9 Å². The van der Waals surface area contributed by atoms with E-state index in [9.17, 15) is 4.79 Å². The summed E-state index contributed by atoms with van der Waals surface area (Å²) in [5.74, 6) is 0.708. The minimum Gasteiger partial charge on any atom is -0.375 e. The van der Waals surface area contributed by atoms with Gasteiger partial charge in [-0.3, -0.25) is 4.79 Å². The summed E-state index contributed by atoms with van der Waals surface area (Å²) >= 11 is 0. The van der Waals surface area contributed by atoms with Crippen molar-refractivity contribution in [1.82, 2.24) is 9.91 Å². The smallest absolute Gasteiger partial charge is 0.246 e. The molecular formula is C21H31N3O. The largest absolute Gasteiger partial charge is 0.375 e. The standard InChI is InChI=1S/C21H31N3O/c1-16(2)15-17(3)23-13-11-20(12-14-23)21(25)24(22-5)18(4)19-9-7-6-8-10-19/h6-10,16,18,20H,3,5,11-15H2,1-2,4H3. The third kappa shape index (κ3) is 4.94. The first-order valence-corrected chi connectivity index (χ1v) is 9.21. The number of hydrogen-bond acceptors (Lipinski definition) is 3. The van der Waals surface area contributed by atoms with Gasteiger partial charge in [-0.15, -0.1) is 0 Å². The second kappa shape index (κ2) is 8.84. The number of carbonyl (C=O) groups excluding carboxylic acids is 1. The number of hydrogen-bond donors (Lipinski definition) is 0. The van der Waals surface area contributed by atoms with Crippen LogP contribution in [0, 0.1) is 11.8 Å². The number of rotatable bonds is 7. The minimum absolute atomic E-state index is 0.0137. The number of carbonyl (C=O) groups is 1. The Bertz CT molecular complexity index is 588. The van der Waals surface area contributed by atoms with E-state index in [1.54, 1.807) is 5.01 Å². The number of benzene rings is 1. The second-order valence-electron chi connectivity index (χ2n) is 7.34. The molecule has 0 radical (unpaired) electrons. The van der Waals surface area contributed by atoms with Gasteiger partial charge in [0.1, 0.15) is 0 Å². The molecule has 25 heavy (non-hydrogen) atoms. The topological polar surface area (TPSA) is 35.9 Å². The molecule has 1 unspecified atom stereocenters. The van der Waals surface area contributed by atoms with Crippen LogP contribution in [0.5, 0.6) is 0 Å². The maximum Gasteiger partial charge on any atom is 0.246 e. The van der Waals surface area contributed by atoms with Gasteiger partial charge in [-0.25, -0.2) is 5.01 Å². The molecule has 1 aromatic carbocycles. The van der Waals surface area contributed by atoms with Gasteiger partial charge in [0, 0.05) is 31.4 Å². The molecule has 1 amide bonds. The molecule has 0 N–H and O–H groups in total. The third-order valence-electron chi connectivity index (χ3n) is 4.96. The van der Waals surface area contributed by atoms with Crippen LogP contribution in [0.25, 0.3) is 0 Å². The number of likely N-dealkylation sites (tertiary alicyclic amines) is 1. The summed E-state index contributed by atoms with van der Waals surface area (Å²) in [5, 5.41) is 5.59. The van der Waals surface area contributed by atoms with Gasteiger partial charge in [-0.2, -0.15) is 5.10 Å². The molecule has 136 valence electrons.